The quantitative estimate of drug-likeness (QED) is 0.194. The molecule has 0 fully saturated rings. The molecular formula is C41H36O2. The molecule has 0 radical (unpaired) electrons. The van der Waals surface area contributed by atoms with Crippen molar-refractivity contribution in [3.05, 3.63) is 179 Å². The Hall–Kier alpha value is -5.08. The van der Waals surface area contributed by atoms with E-state index in [-0.39, 0.29) is 23.3 Å². The van der Waals surface area contributed by atoms with E-state index in [9.17, 15) is 10.2 Å². The lowest BCUT2D eigenvalue weighted by Crippen LogP contribution is -2.03. The van der Waals surface area contributed by atoms with Gasteiger partial charge in [0.1, 0.15) is 11.5 Å². The molecule has 0 saturated heterocycles. The molecule has 6 aromatic rings. The normalized spacial score (nSPS) is 12.5. The highest BCUT2D eigenvalue weighted by molar-refractivity contribution is 5.71. The maximum absolute atomic E-state index is 11.8. The van der Waals surface area contributed by atoms with Crippen LogP contribution in [0.1, 0.15) is 59.1 Å². The minimum Gasteiger partial charge on any atom is -0.507 e. The van der Waals surface area contributed by atoms with Gasteiger partial charge in [-0.3, -0.25) is 0 Å². The van der Waals surface area contributed by atoms with Crippen molar-refractivity contribution in [3.8, 4) is 33.8 Å². The van der Waals surface area contributed by atoms with Crippen LogP contribution in [0.4, 0.5) is 0 Å². The molecule has 6 aromatic carbocycles. The van der Waals surface area contributed by atoms with Gasteiger partial charge in [0, 0.05) is 29.4 Å². The van der Waals surface area contributed by atoms with Crippen LogP contribution in [0.2, 0.25) is 0 Å². The van der Waals surface area contributed by atoms with Crippen LogP contribution >= 0.6 is 0 Å². The zero-order chi connectivity index (χ0) is 29.8. The van der Waals surface area contributed by atoms with Gasteiger partial charge in [0.05, 0.1) is 0 Å². The number of aromatic hydroxyl groups is 2. The Morgan fingerprint density at radius 3 is 1.09 bits per heavy atom. The van der Waals surface area contributed by atoms with Crippen molar-refractivity contribution in [2.45, 2.75) is 32.1 Å². The smallest absolute Gasteiger partial charge is 0.122 e. The number of hydrogen-bond donors (Lipinski definition) is 2. The largest absolute Gasteiger partial charge is 0.507 e. The molecule has 0 aliphatic carbocycles. The van der Waals surface area contributed by atoms with E-state index < -0.39 is 0 Å². The second-order valence-electron chi connectivity index (χ2n) is 11.3. The summed E-state index contributed by atoms with van der Waals surface area (Å²) in [6.07, 6.45) is 0.391. The van der Waals surface area contributed by atoms with Crippen molar-refractivity contribution in [2.75, 3.05) is 0 Å². The Balaban J connectivity index is 1.51. The molecule has 2 atom stereocenters. The molecule has 2 unspecified atom stereocenters. The van der Waals surface area contributed by atoms with Crippen molar-refractivity contribution < 1.29 is 10.2 Å². The summed E-state index contributed by atoms with van der Waals surface area (Å²) in [6, 6.07) is 49.5. The van der Waals surface area contributed by atoms with Crippen molar-refractivity contribution in [2.24, 2.45) is 0 Å². The van der Waals surface area contributed by atoms with Gasteiger partial charge in [-0.1, -0.05) is 135 Å². The lowest BCUT2D eigenvalue weighted by atomic mass is 9.85. The first kappa shape index (κ1) is 28.1. The average Bonchev–Trinajstić information content (AvgIpc) is 3.07. The fourth-order valence-electron chi connectivity index (χ4n) is 6.01. The highest BCUT2D eigenvalue weighted by Crippen LogP contribution is 2.42. The number of rotatable bonds is 8. The van der Waals surface area contributed by atoms with E-state index in [0.29, 0.717) is 6.42 Å². The topological polar surface area (TPSA) is 40.5 Å². The summed E-state index contributed by atoms with van der Waals surface area (Å²) in [5, 5.41) is 23.6. The van der Waals surface area contributed by atoms with Crippen molar-refractivity contribution in [1.82, 2.24) is 0 Å². The van der Waals surface area contributed by atoms with Crippen LogP contribution in [0.15, 0.2) is 146 Å². The molecule has 0 bridgehead atoms. The maximum atomic E-state index is 11.8. The van der Waals surface area contributed by atoms with Crippen molar-refractivity contribution >= 4 is 0 Å². The number of hydrogen-bond acceptors (Lipinski definition) is 2. The molecule has 2 heteroatoms. The number of phenolic OH excluding ortho intramolecular Hbond substituents is 2. The molecule has 0 heterocycles. The minimum absolute atomic E-state index is 0.0125. The zero-order valence-electron chi connectivity index (χ0n) is 24.6. The Bertz CT molecular complexity index is 1670. The third-order valence-electron chi connectivity index (χ3n) is 8.56. The SMILES string of the molecule is CC(c1ccccc1)c1cc(-c2ccccc2)cc(Cc2cc(-c3ccccc3)cc(C(C)c3ccccc3)c2O)c1O. The van der Waals surface area contributed by atoms with Gasteiger partial charge in [0.25, 0.3) is 0 Å². The molecule has 6 rings (SSSR count). The van der Waals surface area contributed by atoms with Crippen LogP contribution in [0, 0.1) is 0 Å². The van der Waals surface area contributed by atoms with Crippen LogP contribution in [0.3, 0.4) is 0 Å². The predicted molar refractivity (Wildman–Crippen MR) is 178 cm³/mol. The first-order valence-electron chi connectivity index (χ1n) is 14.9. The van der Waals surface area contributed by atoms with Crippen LogP contribution < -0.4 is 0 Å². The lowest BCUT2D eigenvalue weighted by molar-refractivity contribution is 0.454. The van der Waals surface area contributed by atoms with E-state index in [1.807, 2.05) is 72.8 Å². The summed E-state index contributed by atoms with van der Waals surface area (Å²) in [5.74, 6) is 0.527. The van der Waals surface area contributed by atoms with E-state index in [1.165, 1.54) is 0 Å². The predicted octanol–water partition coefficient (Wildman–Crippen LogP) is 10.3. The average molecular weight is 561 g/mol. The Labute approximate surface area is 254 Å². The maximum Gasteiger partial charge on any atom is 0.122 e. The van der Waals surface area contributed by atoms with E-state index in [2.05, 4.69) is 86.6 Å². The molecule has 2 N–H and O–H groups in total. The van der Waals surface area contributed by atoms with Gasteiger partial charge >= 0.3 is 0 Å². The van der Waals surface area contributed by atoms with Crippen LogP contribution in [0.5, 0.6) is 11.5 Å². The van der Waals surface area contributed by atoms with E-state index in [1.54, 1.807) is 0 Å². The summed E-state index contributed by atoms with van der Waals surface area (Å²) < 4.78 is 0. The Kier molecular flexibility index (Phi) is 8.11. The molecular weight excluding hydrogens is 524 g/mol. The fourth-order valence-corrected chi connectivity index (χ4v) is 6.01. The van der Waals surface area contributed by atoms with Gasteiger partial charge in [-0.2, -0.15) is 0 Å². The molecule has 0 spiro atoms. The third-order valence-corrected chi connectivity index (χ3v) is 8.56. The summed E-state index contributed by atoms with van der Waals surface area (Å²) >= 11 is 0. The van der Waals surface area contributed by atoms with Crippen molar-refractivity contribution in [3.63, 3.8) is 0 Å². The second-order valence-corrected chi connectivity index (χ2v) is 11.3. The number of benzene rings is 6. The number of phenols is 2. The summed E-state index contributed by atoms with van der Waals surface area (Å²) in [5.41, 5.74) is 9.88. The van der Waals surface area contributed by atoms with Gasteiger partial charge in [0.15, 0.2) is 0 Å². The minimum atomic E-state index is -0.0125. The van der Waals surface area contributed by atoms with Crippen LogP contribution in [-0.2, 0) is 6.42 Å². The molecule has 212 valence electrons. The molecule has 0 aliphatic rings. The lowest BCUT2D eigenvalue weighted by Gasteiger charge is -2.21. The van der Waals surface area contributed by atoms with Gasteiger partial charge in [-0.25, -0.2) is 0 Å². The standard InChI is InChI=1S/C41H36O2/c1-28(30-15-7-3-8-16-30)38-26-34(32-19-11-5-12-20-32)23-36(40(38)42)25-37-24-35(33-21-13-6-14-22-33)27-39(41(37)43)29(2)31-17-9-4-10-18-31/h3-24,26-29,42-43H,25H2,1-2H3. The molecule has 0 aromatic heterocycles. The zero-order valence-corrected chi connectivity index (χ0v) is 24.6. The van der Waals surface area contributed by atoms with E-state index in [0.717, 1.165) is 55.6 Å². The van der Waals surface area contributed by atoms with Crippen molar-refractivity contribution in [1.29, 1.82) is 0 Å². The van der Waals surface area contributed by atoms with Crippen LogP contribution in [0.25, 0.3) is 22.3 Å². The first-order valence-corrected chi connectivity index (χ1v) is 14.9. The molecule has 0 aliphatic heterocycles. The van der Waals surface area contributed by atoms with E-state index >= 15 is 0 Å². The van der Waals surface area contributed by atoms with Gasteiger partial charge in [-0.05, 0) is 68.8 Å². The summed E-state index contributed by atoms with van der Waals surface area (Å²) in [4.78, 5) is 0. The fraction of sp³-hybridized carbons (Fsp3) is 0.122. The summed E-state index contributed by atoms with van der Waals surface area (Å²) in [7, 11) is 0. The second kappa shape index (κ2) is 12.4. The highest BCUT2D eigenvalue weighted by Gasteiger charge is 2.22. The van der Waals surface area contributed by atoms with Gasteiger partial charge in [-0.15, -0.1) is 0 Å². The Morgan fingerprint density at radius 1 is 0.419 bits per heavy atom. The molecule has 0 amide bonds. The monoisotopic (exact) mass is 560 g/mol. The molecule has 2 nitrogen and oxygen atoms in total. The Morgan fingerprint density at radius 2 is 0.744 bits per heavy atom. The summed E-state index contributed by atoms with van der Waals surface area (Å²) in [6.45, 7) is 4.27. The first-order chi connectivity index (χ1) is 21.0. The van der Waals surface area contributed by atoms with Crippen LogP contribution in [-0.4, -0.2) is 10.2 Å². The third kappa shape index (κ3) is 5.96. The van der Waals surface area contributed by atoms with Gasteiger partial charge < -0.3 is 10.2 Å². The molecule has 0 saturated carbocycles. The molecule has 43 heavy (non-hydrogen) atoms. The van der Waals surface area contributed by atoms with Gasteiger partial charge in [0.2, 0.25) is 0 Å². The highest BCUT2D eigenvalue weighted by atomic mass is 16.3. The van der Waals surface area contributed by atoms with E-state index in [4.69, 9.17) is 0 Å².